The van der Waals surface area contributed by atoms with Crippen molar-refractivity contribution in [3.63, 3.8) is 0 Å². The number of rotatable bonds is 6. The number of benzene rings is 1. The Morgan fingerprint density at radius 1 is 1.19 bits per heavy atom. The van der Waals surface area contributed by atoms with Crippen LogP contribution in [0.5, 0.6) is 17.8 Å². The zero-order chi connectivity index (χ0) is 15.2. The van der Waals surface area contributed by atoms with Crippen LogP contribution in [0.4, 0.5) is 5.95 Å². The van der Waals surface area contributed by atoms with Crippen LogP contribution in [0, 0.1) is 0 Å². The maximum Gasteiger partial charge on any atom is 0.330 e. The quantitative estimate of drug-likeness (QED) is 0.828. The summed E-state index contributed by atoms with van der Waals surface area (Å²) < 4.78 is 11.7. The molecule has 0 aliphatic rings. The highest BCUT2D eigenvalue weighted by Gasteiger charge is 2.11. The van der Waals surface area contributed by atoms with Crippen molar-refractivity contribution >= 4 is 33.5 Å². The van der Waals surface area contributed by atoms with Gasteiger partial charge in [-0.25, -0.2) is 0 Å². The van der Waals surface area contributed by atoms with Crippen LogP contribution >= 0.6 is 27.5 Å². The molecule has 0 radical (unpaired) electrons. The second-order valence-corrected chi connectivity index (χ2v) is 5.16. The van der Waals surface area contributed by atoms with E-state index in [1.54, 1.807) is 18.2 Å². The Morgan fingerprint density at radius 2 is 1.95 bits per heavy atom. The minimum Gasteiger partial charge on any atom is -0.464 e. The fourth-order valence-electron chi connectivity index (χ4n) is 1.47. The number of hydrogen-bond acceptors (Lipinski definition) is 6. The highest BCUT2D eigenvalue weighted by Crippen LogP contribution is 2.31. The Labute approximate surface area is 136 Å². The van der Waals surface area contributed by atoms with Crippen LogP contribution in [0.1, 0.15) is 13.8 Å². The number of halogens is 2. The molecule has 2 rings (SSSR count). The molecule has 1 aromatic carbocycles. The molecule has 6 nitrogen and oxygen atoms in total. The largest absolute Gasteiger partial charge is 0.464 e. The van der Waals surface area contributed by atoms with Gasteiger partial charge in [0.1, 0.15) is 5.75 Å². The number of ether oxygens (including phenoxy) is 2. The molecular weight excluding hydrogens is 360 g/mol. The number of nitrogens with one attached hydrogen (secondary N) is 1. The third kappa shape index (κ3) is 4.44. The maximum atomic E-state index is 5.90. The zero-order valence-electron chi connectivity index (χ0n) is 11.6. The molecule has 8 heteroatoms. The molecule has 0 bridgehead atoms. The van der Waals surface area contributed by atoms with Gasteiger partial charge in [0.15, 0.2) is 0 Å². The summed E-state index contributed by atoms with van der Waals surface area (Å²) >= 11 is 9.27. The van der Waals surface area contributed by atoms with Crippen LogP contribution in [-0.2, 0) is 0 Å². The molecule has 0 fully saturated rings. The lowest BCUT2D eigenvalue weighted by molar-refractivity contribution is 0.303. The summed E-state index contributed by atoms with van der Waals surface area (Å²) in [4.78, 5) is 12.4. The summed E-state index contributed by atoms with van der Waals surface area (Å²) in [6.07, 6.45) is 0. The third-order valence-electron chi connectivity index (χ3n) is 2.30. The van der Waals surface area contributed by atoms with E-state index in [0.29, 0.717) is 34.3 Å². The average Bonchev–Trinajstić information content (AvgIpc) is 2.42. The monoisotopic (exact) mass is 372 g/mol. The van der Waals surface area contributed by atoms with Gasteiger partial charge in [0, 0.05) is 11.6 Å². The van der Waals surface area contributed by atoms with Crippen molar-refractivity contribution in [2.24, 2.45) is 0 Å². The molecule has 0 amide bonds. The summed E-state index contributed by atoms with van der Waals surface area (Å²) in [5.74, 6) is 0.950. The molecular formula is C13H14BrClN4O2. The first kappa shape index (κ1) is 15.8. The summed E-state index contributed by atoms with van der Waals surface area (Å²) in [5, 5.41) is 3.61. The minimum absolute atomic E-state index is 0.146. The standard InChI is InChI=1S/C13H14BrClN4O2/c1-3-16-11-17-12(20-4-2)19-13(18-11)21-10-6-5-8(15)7-9(10)14/h5-7H,3-4H2,1-2H3,(H,16,17,18,19). The van der Waals surface area contributed by atoms with E-state index in [0.717, 1.165) is 0 Å². The van der Waals surface area contributed by atoms with Crippen molar-refractivity contribution in [1.29, 1.82) is 0 Å². The lowest BCUT2D eigenvalue weighted by Crippen LogP contribution is -2.07. The molecule has 0 atom stereocenters. The second-order valence-electron chi connectivity index (χ2n) is 3.86. The van der Waals surface area contributed by atoms with E-state index in [1.165, 1.54) is 0 Å². The molecule has 0 saturated heterocycles. The Balaban J connectivity index is 2.29. The molecule has 1 aromatic heterocycles. The molecule has 0 unspecified atom stereocenters. The molecule has 112 valence electrons. The van der Waals surface area contributed by atoms with Crippen LogP contribution in [0.3, 0.4) is 0 Å². The number of aromatic nitrogens is 3. The lowest BCUT2D eigenvalue weighted by atomic mass is 10.3. The fraction of sp³-hybridized carbons (Fsp3) is 0.308. The van der Waals surface area contributed by atoms with E-state index in [1.807, 2.05) is 13.8 Å². The highest BCUT2D eigenvalue weighted by molar-refractivity contribution is 9.10. The van der Waals surface area contributed by atoms with Crippen LogP contribution in [0.25, 0.3) is 0 Å². The van der Waals surface area contributed by atoms with Crippen LogP contribution in [-0.4, -0.2) is 28.1 Å². The first-order valence-electron chi connectivity index (χ1n) is 6.38. The van der Waals surface area contributed by atoms with Crippen LogP contribution < -0.4 is 14.8 Å². The van der Waals surface area contributed by atoms with Gasteiger partial charge in [-0.05, 0) is 48.0 Å². The molecule has 21 heavy (non-hydrogen) atoms. The molecule has 0 aliphatic heterocycles. The Morgan fingerprint density at radius 3 is 2.62 bits per heavy atom. The maximum absolute atomic E-state index is 5.90. The zero-order valence-corrected chi connectivity index (χ0v) is 13.9. The fourth-order valence-corrected chi connectivity index (χ4v) is 2.23. The minimum atomic E-state index is 0.146. The molecule has 0 spiro atoms. The van der Waals surface area contributed by atoms with Gasteiger partial charge in [0.25, 0.3) is 0 Å². The molecule has 1 heterocycles. The van der Waals surface area contributed by atoms with Gasteiger partial charge in [-0.15, -0.1) is 4.98 Å². The van der Waals surface area contributed by atoms with Gasteiger partial charge >= 0.3 is 12.0 Å². The summed E-state index contributed by atoms with van der Waals surface area (Å²) in [6, 6.07) is 5.53. The molecule has 0 saturated carbocycles. The smallest absolute Gasteiger partial charge is 0.330 e. The lowest BCUT2D eigenvalue weighted by Gasteiger charge is -2.09. The number of anilines is 1. The van der Waals surface area contributed by atoms with Crippen LogP contribution in [0.15, 0.2) is 22.7 Å². The molecule has 0 aliphatic carbocycles. The topological polar surface area (TPSA) is 69.2 Å². The van der Waals surface area contributed by atoms with E-state index >= 15 is 0 Å². The van der Waals surface area contributed by atoms with E-state index in [-0.39, 0.29) is 12.0 Å². The van der Waals surface area contributed by atoms with Crippen molar-refractivity contribution < 1.29 is 9.47 Å². The second kappa shape index (κ2) is 7.42. The van der Waals surface area contributed by atoms with Gasteiger partial charge in [-0.1, -0.05) is 11.6 Å². The van der Waals surface area contributed by atoms with E-state index in [9.17, 15) is 0 Å². The van der Waals surface area contributed by atoms with Crippen LogP contribution in [0.2, 0.25) is 5.02 Å². The first-order chi connectivity index (χ1) is 10.1. The summed E-state index contributed by atoms with van der Waals surface area (Å²) in [6.45, 7) is 4.94. The normalized spacial score (nSPS) is 10.3. The predicted molar refractivity (Wildman–Crippen MR) is 84.4 cm³/mol. The highest BCUT2D eigenvalue weighted by atomic mass is 79.9. The van der Waals surface area contributed by atoms with Gasteiger partial charge in [-0.3, -0.25) is 0 Å². The first-order valence-corrected chi connectivity index (χ1v) is 7.55. The molecule has 1 N–H and O–H groups in total. The van der Waals surface area contributed by atoms with Crippen molar-refractivity contribution in [2.75, 3.05) is 18.5 Å². The Kier molecular flexibility index (Phi) is 5.58. The molecule has 2 aromatic rings. The van der Waals surface area contributed by atoms with Gasteiger partial charge in [-0.2, -0.15) is 9.97 Å². The Hall–Kier alpha value is -1.60. The van der Waals surface area contributed by atoms with Gasteiger partial charge < -0.3 is 14.8 Å². The summed E-state index contributed by atoms with van der Waals surface area (Å²) in [7, 11) is 0. The SMILES string of the molecule is CCNc1nc(OCC)nc(Oc2ccc(Cl)cc2Br)n1. The van der Waals surface area contributed by atoms with Crippen molar-refractivity contribution in [3.05, 3.63) is 27.7 Å². The number of nitrogens with zero attached hydrogens (tertiary/aromatic N) is 3. The van der Waals surface area contributed by atoms with E-state index in [2.05, 4.69) is 36.2 Å². The van der Waals surface area contributed by atoms with Gasteiger partial charge in [0.2, 0.25) is 5.95 Å². The number of hydrogen-bond donors (Lipinski definition) is 1. The Bertz CT molecular complexity index is 603. The average molecular weight is 374 g/mol. The van der Waals surface area contributed by atoms with Crippen molar-refractivity contribution in [3.8, 4) is 17.8 Å². The van der Waals surface area contributed by atoms with Crippen molar-refractivity contribution in [2.45, 2.75) is 13.8 Å². The summed E-state index contributed by atoms with van der Waals surface area (Å²) in [5.41, 5.74) is 0. The van der Waals surface area contributed by atoms with E-state index < -0.39 is 0 Å². The van der Waals surface area contributed by atoms with E-state index in [4.69, 9.17) is 21.1 Å². The third-order valence-corrected chi connectivity index (χ3v) is 3.15. The van der Waals surface area contributed by atoms with Gasteiger partial charge in [0.05, 0.1) is 11.1 Å². The predicted octanol–water partition coefficient (Wildman–Crippen LogP) is 3.91. The van der Waals surface area contributed by atoms with Crippen molar-refractivity contribution in [1.82, 2.24) is 15.0 Å².